The van der Waals surface area contributed by atoms with E-state index in [0.717, 1.165) is 38.6 Å². The summed E-state index contributed by atoms with van der Waals surface area (Å²) in [5.41, 5.74) is 0. The molecular formula is C10H17ClN4O. The van der Waals surface area contributed by atoms with Crippen LogP contribution in [0.15, 0.2) is 4.99 Å². The number of aliphatic imine (C=N–C) groups is 1. The van der Waals surface area contributed by atoms with Gasteiger partial charge in [-0.1, -0.05) is 0 Å². The first kappa shape index (κ1) is 13.1. The van der Waals surface area contributed by atoms with Gasteiger partial charge in [0.15, 0.2) is 0 Å². The lowest BCUT2D eigenvalue weighted by Crippen LogP contribution is -2.35. The molecule has 6 heteroatoms. The lowest BCUT2D eigenvalue weighted by Gasteiger charge is -2.21. The molecule has 90 valence electrons. The number of aliphatic hydroxyl groups is 1. The van der Waals surface area contributed by atoms with E-state index in [1.807, 2.05) is 11.1 Å². The second-order valence-corrected chi connectivity index (χ2v) is 3.98. The van der Waals surface area contributed by atoms with Gasteiger partial charge in [0.1, 0.15) is 0 Å². The van der Waals surface area contributed by atoms with Gasteiger partial charge in [0.2, 0.25) is 12.2 Å². The minimum absolute atomic E-state index is 0.165. The van der Waals surface area contributed by atoms with E-state index in [1.54, 1.807) is 0 Å². The summed E-state index contributed by atoms with van der Waals surface area (Å²) in [6.07, 6.45) is 3.42. The van der Waals surface area contributed by atoms with Crippen molar-refractivity contribution in [3.05, 3.63) is 0 Å². The van der Waals surface area contributed by atoms with E-state index in [4.69, 9.17) is 22.0 Å². The highest BCUT2D eigenvalue weighted by Gasteiger charge is 2.25. The Balaban J connectivity index is 2.55. The summed E-state index contributed by atoms with van der Waals surface area (Å²) >= 11 is 5.65. The summed E-state index contributed by atoms with van der Waals surface area (Å²) < 4.78 is 0. The summed E-state index contributed by atoms with van der Waals surface area (Å²) in [5.74, 6) is 1.34. The number of hydrogen-bond acceptors (Lipinski definition) is 3. The highest BCUT2D eigenvalue weighted by molar-refractivity contribution is 6.17. The van der Waals surface area contributed by atoms with Gasteiger partial charge in [-0.2, -0.15) is 5.26 Å². The summed E-state index contributed by atoms with van der Waals surface area (Å²) in [5, 5.41) is 17.4. The van der Waals surface area contributed by atoms with E-state index in [1.165, 1.54) is 0 Å². The van der Waals surface area contributed by atoms with Crippen molar-refractivity contribution in [2.75, 3.05) is 38.7 Å². The Labute approximate surface area is 101 Å². The van der Waals surface area contributed by atoms with Gasteiger partial charge in [0.05, 0.1) is 0 Å². The monoisotopic (exact) mass is 244 g/mol. The first-order valence-corrected chi connectivity index (χ1v) is 6.00. The van der Waals surface area contributed by atoms with Crippen LogP contribution < -0.4 is 0 Å². The Morgan fingerprint density at radius 2 is 1.94 bits per heavy atom. The molecule has 1 heterocycles. The van der Waals surface area contributed by atoms with Crippen molar-refractivity contribution in [1.82, 2.24) is 9.80 Å². The molecule has 0 spiro atoms. The van der Waals surface area contributed by atoms with Crippen LogP contribution in [0.1, 0.15) is 12.8 Å². The Hall–Kier alpha value is -0.990. The van der Waals surface area contributed by atoms with Crippen LogP contribution in [0.2, 0.25) is 0 Å². The molecule has 1 aliphatic rings. The highest BCUT2D eigenvalue weighted by Crippen LogP contribution is 2.10. The van der Waals surface area contributed by atoms with Crippen molar-refractivity contribution in [3.8, 4) is 6.19 Å². The minimum Gasteiger partial charge on any atom is -0.396 e. The Kier molecular flexibility index (Phi) is 5.98. The number of halogens is 1. The number of nitrogens with zero attached hydrogens (tertiary/aromatic N) is 4. The molecule has 1 N–H and O–H groups in total. The van der Waals surface area contributed by atoms with Gasteiger partial charge in [-0.25, -0.2) is 0 Å². The second kappa shape index (κ2) is 7.31. The summed E-state index contributed by atoms with van der Waals surface area (Å²) in [7, 11) is 0. The Morgan fingerprint density at radius 3 is 2.44 bits per heavy atom. The highest BCUT2D eigenvalue weighted by atomic mass is 35.5. The molecule has 0 aromatic rings. The molecule has 0 aromatic heterocycles. The molecule has 1 rings (SSSR count). The van der Waals surface area contributed by atoms with Gasteiger partial charge >= 0.3 is 0 Å². The number of guanidine groups is 1. The molecule has 0 aliphatic carbocycles. The lowest BCUT2D eigenvalue weighted by molar-refractivity contribution is 0.271. The number of hydrogen-bond donors (Lipinski definition) is 1. The van der Waals surface area contributed by atoms with Gasteiger partial charge in [-0.3, -0.25) is 0 Å². The van der Waals surface area contributed by atoms with Crippen molar-refractivity contribution in [2.24, 2.45) is 4.99 Å². The third-order valence-corrected chi connectivity index (χ3v) is 2.77. The quantitative estimate of drug-likeness (QED) is 0.545. The molecule has 0 amide bonds. The summed E-state index contributed by atoms with van der Waals surface area (Å²) in [6, 6.07) is 0. The predicted molar refractivity (Wildman–Crippen MR) is 63.2 cm³/mol. The van der Waals surface area contributed by atoms with Crippen molar-refractivity contribution < 1.29 is 5.11 Å². The summed E-state index contributed by atoms with van der Waals surface area (Å²) in [4.78, 5) is 7.95. The van der Waals surface area contributed by atoms with Crippen molar-refractivity contribution >= 4 is 17.6 Å². The van der Waals surface area contributed by atoms with Crippen molar-refractivity contribution in [1.29, 1.82) is 5.26 Å². The first-order chi connectivity index (χ1) is 7.83. The third-order valence-electron chi connectivity index (χ3n) is 2.50. The van der Waals surface area contributed by atoms with Crippen LogP contribution >= 0.6 is 11.6 Å². The van der Waals surface area contributed by atoms with Gasteiger partial charge in [0, 0.05) is 38.7 Å². The zero-order valence-electron chi connectivity index (χ0n) is 9.27. The van der Waals surface area contributed by atoms with Gasteiger partial charge in [-0.05, 0) is 12.8 Å². The van der Waals surface area contributed by atoms with Crippen molar-refractivity contribution in [3.63, 3.8) is 0 Å². The van der Waals surface area contributed by atoms with E-state index >= 15 is 0 Å². The zero-order chi connectivity index (χ0) is 11.8. The van der Waals surface area contributed by atoms with Crippen LogP contribution in [0.5, 0.6) is 0 Å². The first-order valence-electron chi connectivity index (χ1n) is 5.47. The fraction of sp³-hybridized carbons (Fsp3) is 0.800. The summed E-state index contributed by atoms with van der Waals surface area (Å²) in [6.45, 7) is 3.48. The molecule has 0 atom stereocenters. The molecule has 0 bridgehead atoms. The van der Waals surface area contributed by atoms with Crippen LogP contribution in [-0.2, 0) is 0 Å². The fourth-order valence-corrected chi connectivity index (χ4v) is 1.88. The molecule has 0 radical (unpaired) electrons. The topological polar surface area (TPSA) is 62.9 Å². The maximum atomic E-state index is 8.79. The van der Waals surface area contributed by atoms with E-state index in [-0.39, 0.29) is 6.61 Å². The zero-order valence-corrected chi connectivity index (χ0v) is 10.0. The smallest absolute Gasteiger partial charge is 0.212 e. The number of nitriles is 1. The van der Waals surface area contributed by atoms with Gasteiger partial charge in [0.25, 0.3) is 0 Å². The van der Waals surface area contributed by atoms with Crippen LogP contribution in [0.3, 0.4) is 0 Å². The molecule has 0 unspecified atom stereocenters. The van der Waals surface area contributed by atoms with E-state index in [9.17, 15) is 0 Å². The van der Waals surface area contributed by atoms with Crippen LogP contribution in [0.4, 0.5) is 0 Å². The standard InChI is InChI=1S/C10H17ClN4O/c11-3-1-4-14-6-7-15(5-2-8-16)10(14)13-9-12/h16H,1-8H2/b13-10-. The van der Waals surface area contributed by atoms with Gasteiger partial charge in [-0.15, -0.1) is 16.6 Å². The van der Waals surface area contributed by atoms with E-state index < -0.39 is 0 Å². The SMILES string of the molecule is N#C/N=C1\N(CCCO)CCN1CCCCl. The van der Waals surface area contributed by atoms with E-state index in [0.29, 0.717) is 12.3 Å². The Morgan fingerprint density at radius 1 is 1.31 bits per heavy atom. The van der Waals surface area contributed by atoms with Crippen LogP contribution in [-0.4, -0.2) is 59.5 Å². The maximum absolute atomic E-state index is 8.79. The number of rotatable bonds is 6. The van der Waals surface area contributed by atoms with Crippen LogP contribution in [0, 0.1) is 11.5 Å². The maximum Gasteiger partial charge on any atom is 0.212 e. The largest absolute Gasteiger partial charge is 0.396 e. The second-order valence-electron chi connectivity index (χ2n) is 3.61. The molecule has 1 saturated heterocycles. The molecule has 0 aromatic carbocycles. The molecule has 5 nitrogen and oxygen atoms in total. The molecule has 0 saturated carbocycles. The predicted octanol–water partition coefficient (Wildman–Crippen LogP) is 0.452. The number of aliphatic hydroxyl groups excluding tert-OH is 1. The number of alkyl halides is 1. The average molecular weight is 245 g/mol. The van der Waals surface area contributed by atoms with E-state index in [2.05, 4.69) is 9.89 Å². The normalized spacial score (nSPS) is 18.2. The van der Waals surface area contributed by atoms with Crippen molar-refractivity contribution in [2.45, 2.75) is 12.8 Å². The Bertz CT molecular complexity index is 258. The molecule has 1 fully saturated rings. The average Bonchev–Trinajstić information content (AvgIpc) is 2.67. The fourth-order valence-electron chi connectivity index (χ4n) is 1.76. The lowest BCUT2D eigenvalue weighted by atomic mass is 10.4. The molecule has 1 aliphatic heterocycles. The third kappa shape index (κ3) is 3.54. The minimum atomic E-state index is 0.165. The molecular weight excluding hydrogens is 228 g/mol. The van der Waals surface area contributed by atoms with Crippen LogP contribution in [0.25, 0.3) is 0 Å². The van der Waals surface area contributed by atoms with Gasteiger partial charge < -0.3 is 14.9 Å². The molecule has 16 heavy (non-hydrogen) atoms.